The second-order valence-corrected chi connectivity index (χ2v) is 5.30. The predicted octanol–water partition coefficient (Wildman–Crippen LogP) is 1.90. The molecule has 0 spiro atoms. The van der Waals surface area contributed by atoms with E-state index in [1.807, 2.05) is 6.92 Å². The fraction of sp³-hybridized carbons (Fsp3) is 0.923. The fourth-order valence-corrected chi connectivity index (χ4v) is 3.29. The zero-order chi connectivity index (χ0) is 11.5. The first-order valence-corrected chi connectivity index (χ1v) is 6.80. The number of nitrogens with two attached hydrogens (primary N) is 1. The smallest absolute Gasteiger partial charge is 0.239 e. The van der Waals surface area contributed by atoms with E-state index in [4.69, 9.17) is 5.73 Å². The molecule has 0 aromatic rings. The monoisotopic (exact) mass is 224 g/mol. The number of carbonyl (C=O) groups excluding carboxylic acids is 1. The van der Waals surface area contributed by atoms with Gasteiger partial charge in [-0.05, 0) is 38.0 Å². The second-order valence-electron chi connectivity index (χ2n) is 5.30. The number of rotatable bonds is 3. The van der Waals surface area contributed by atoms with Gasteiger partial charge in [-0.2, -0.15) is 0 Å². The molecular weight excluding hydrogens is 200 g/mol. The molecule has 0 bridgehead atoms. The van der Waals surface area contributed by atoms with E-state index in [-0.39, 0.29) is 11.9 Å². The largest absolute Gasteiger partial charge is 0.338 e. The van der Waals surface area contributed by atoms with E-state index in [2.05, 4.69) is 4.90 Å². The van der Waals surface area contributed by atoms with Gasteiger partial charge in [0.2, 0.25) is 5.91 Å². The number of carbonyl (C=O) groups is 1. The van der Waals surface area contributed by atoms with Gasteiger partial charge in [0.1, 0.15) is 0 Å². The van der Waals surface area contributed by atoms with E-state index < -0.39 is 0 Å². The van der Waals surface area contributed by atoms with Crippen LogP contribution < -0.4 is 5.73 Å². The SMILES string of the molecule is CC[C@@H](N)C(=O)N1CCCC1C1CCCC1. The van der Waals surface area contributed by atoms with Crippen LogP contribution in [0.3, 0.4) is 0 Å². The third kappa shape index (κ3) is 2.24. The van der Waals surface area contributed by atoms with E-state index in [1.54, 1.807) is 0 Å². The summed E-state index contributed by atoms with van der Waals surface area (Å²) < 4.78 is 0. The molecule has 0 aromatic heterocycles. The maximum atomic E-state index is 12.1. The van der Waals surface area contributed by atoms with Gasteiger partial charge in [-0.15, -0.1) is 0 Å². The molecule has 16 heavy (non-hydrogen) atoms. The summed E-state index contributed by atoms with van der Waals surface area (Å²) in [5, 5.41) is 0. The van der Waals surface area contributed by atoms with Crippen LogP contribution >= 0.6 is 0 Å². The normalized spacial score (nSPS) is 28.6. The number of hydrogen-bond donors (Lipinski definition) is 1. The van der Waals surface area contributed by atoms with Gasteiger partial charge in [0.05, 0.1) is 6.04 Å². The molecule has 1 amide bonds. The van der Waals surface area contributed by atoms with E-state index >= 15 is 0 Å². The van der Waals surface area contributed by atoms with Crippen molar-refractivity contribution in [1.29, 1.82) is 0 Å². The van der Waals surface area contributed by atoms with Crippen molar-refractivity contribution in [3.8, 4) is 0 Å². The molecule has 2 rings (SSSR count). The van der Waals surface area contributed by atoms with E-state index in [9.17, 15) is 4.79 Å². The molecule has 1 saturated carbocycles. The first kappa shape index (κ1) is 11.9. The summed E-state index contributed by atoms with van der Waals surface area (Å²) in [6, 6.07) is 0.231. The fourth-order valence-electron chi connectivity index (χ4n) is 3.29. The molecule has 2 aliphatic rings. The predicted molar refractivity (Wildman–Crippen MR) is 65.0 cm³/mol. The molecule has 0 radical (unpaired) electrons. The molecule has 1 aliphatic heterocycles. The minimum Gasteiger partial charge on any atom is -0.338 e. The molecular formula is C13H24N2O. The Bertz CT molecular complexity index is 248. The third-order valence-corrected chi connectivity index (χ3v) is 4.28. The molecule has 2 N–H and O–H groups in total. The number of likely N-dealkylation sites (tertiary alicyclic amines) is 1. The highest BCUT2D eigenvalue weighted by Crippen LogP contribution is 2.35. The maximum absolute atomic E-state index is 12.1. The van der Waals surface area contributed by atoms with Gasteiger partial charge >= 0.3 is 0 Å². The zero-order valence-electron chi connectivity index (χ0n) is 10.3. The number of hydrogen-bond acceptors (Lipinski definition) is 2. The lowest BCUT2D eigenvalue weighted by molar-refractivity contribution is -0.134. The van der Waals surface area contributed by atoms with Crippen molar-refractivity contribution >= 4 is 5.91 Å². The lowest BCUT2D eigenvalue weighted by Crippen LogP contribution is -2.47. The third-order valence-electron chi connectivity index (χ3n) is 4.28. The molecule has 0 aromatic carbocycles. The van der Waals surface area contributed by atoms with Crippen LogP contribution in [0.25, 0.3) is 0 Å². The Kier molecular flexibility index (Phi) is 3.85. The minimum absolute atomic E-state index is 0.192. The molecule has 3 nitrogen and oxygen atoms in total. The zero-order valence-corrected chi connectivity index (χ0v) is 10.3. The molecule has 1 heterocycles. The topological polar surface area (TPSA) is 46.3 Å². The molecule has 92 valence electrons. The van der Waals surface area contributed by atoms with Gasteiger partial charge in [0, 0.05) is 12.6 Å². The molecule has 1 saturated heterocycles. The van der Waals surface area contributed by atoms with Gasteiger partial charge in [0.25, 0.3) is 0 Å². The molecule has 2 fully saturated rings. The van der Waals surface area contributed by atoms with Crippen molar-refractivity contribution in [2.24, 2.45) is 11.7 Å². The number of amides is 1. The van der Waals surface area contributed by atoms with E-state index in [0.717, 1.165) is 18.9 Å². The van der Waals surface area contributed by atoms with Crippen molar-refractivity contribution in [1.82, 2.24) is 4.90 Å². The Balaban J connectivity index is 1.99. The Morgan fingerprint density at radius 2 is 2.00 bits per heavy atom. The van der Waals surface area contributed by atoms with E-state index in [0.29, 0.717) is 6.04 Å². The highest BCUT2D eigenvalue weighted by molar-refractivity contribution is 5.82. The van der Waals surface area contributed by atoms with Crippen LogP contribution in [0.15, 0.2) is 0 Å². The summed E-state index contributed by atoms with van der Waals surface area (Å²) in [6.45, 7) is 2.93. The minimum atomic E-state index is -0.276. The quantitative estimate of drug-likeness (QED) is 0.796. The highest BCUT2D eigenvalue weighted by Gasteiger charge is 2.36. The van der Waals surface area contributed by atoms with Crippen LogP contribution in [0.5, 0.6) is 0 Å². The van der Waals surface area contributed by atoms with Gasteiger partial charge in [-0.1, -0.05) is 19.8 Å². The first-order valence-electron chi connectivity index (χ1n) is 6.80. The first-order chi connectivity index (χ1) is 7.74. The Morgan fingerprint density at radius 3 is 2.62 bits per heavy atom. The van der Waals surface area contributed by atoms with Crippen molar-refractivity contribution in [3.05, 3.63) is 0 Å². The maximum Gasteiger partial charge on any atom is 0.239 e. The molecule has 1 unspecified atom stereocenters. The lowest BCUT2D eigenvalue weighted by Gasteiger charge is -2.31. The molecule has 2 atom stereocenters. The standard InChI is InChI=1S/C13H24N2O/c1-2-11(14)13(16)15-9-5-8-12(15)10-6-3-4-7-10/h10-12H,2-9,14H2,1H3/t11-,12?/m1/s1. The Morgan fingerprint density at radius 1 is 1.31 bits per heavy atom. The summed E-state index contributed by atoms with van der Waals surface area (Å²) in [5.74, 6) is 0.951. The summed E-state index contributed by atoms with van der Waals surface area (Å²) >= 11 is 0. The second kappa shape index (κ2) is 5.17. The number of nitrogens with zero attached hydrogens (tertiary/aromatic N) is 1. The van der Waals surface area contributed by atoms with E-state index in [1.165, 1.54) is 38.5 Å². The average Bonchev–Trinajstić information content (AvgIpc) is 2.95. The Labute approximate surface area is 98.4 Å². The summed E-state index contributed by atoms with van der Waals surface area (Å²) in [6.07, 6.45) is 8.46. The van der Waals surface area contributed by atoms with Gasteiger partial charge in [-0.25, -0.2) is 0 Å². The van der Waals surface area contributed by atoms with Crippen molar-refractivity contribution in [2.45, 2.75) is 64.0 Å². The van der Waals surface area contributed by atoms with Gasteiger partial charge in [-0.3, -0.25) is 4.79 Å². The summed E-state index contributed by atoms with van der Waals surface area (Å²) in [4.78, 5) is 14.2. The summed E-state index contributed by atoms with van der Waals surface area (Å²) in [7, 11) is 0. The van der Waals surface area contributed by atoms with Crippen LogP contribution in [-0.2, 0) is 4.79 Å². The van der Waals surface area contributed by atoms with Crippen molar-refractivity contribution in [3.63, 3.8) is 0 Å². The van der Waals surface area contributed by atoms with Crippen LogP contribution in [0.4, 0.5) is 0 Å². The molecule has 3 heteroatoms. The molecule has 1 aliphatic carbocycles. The van der Waals surface area contributed by atoms with Crippen molar-refractivity contribution < 1.29 is 4.79 Å². The van der Waals surface area contributed by atoms with Gasteiger partial charge in [0.15, 0.2) is 0 Å². The van der Waals surface area contributed by atoms with Crippen LogP contribution in [0.1, 0.15) is 51.9 Å². The summed E-state index contributed by atoms with van der Waals surface area (Å²) in [5.41, 5.74) is 5.87. The average molecular weight is 224 g/mol. The Hall–Kier alpha value is -0.570. The van der Waals surface area contributed by atoms with Crippen LogP contribution in [0.2, 0.25) is 0 Å². The lowest BCUT2D eigenvalue weighted by atomic mass is 9.95. The van der Waals surface area contributed by atoms with Crippen molar-refractivity contribution in [2.75, 3.05) is 6.54 Å². The van der Waals surface area contributed by atoms with Gasteiger partial charge < -0.3 is 10.6 Å². The van der Waals surface area contributed by atoms with Crippen LogP contribution in [0, 0.1) is 5.92 Å². The highest BCUT2D eigenvalue weighted by atomic mass is 16.2. The van der Waals surface area contributed by atoms with Crippen LogP contribution in [-0.4, -0.2) is 29.4 Å².